The van der Waals surface area contributed by atoms with E-state index in [1.54, 1.807) is 0 Å². The largest absolute Gasteiger partial charge is 0.478 e. The predicted octanol–water partition coefficient (Wildman–Crippen LogP) is 3.71. The molecule has 1 aliphatic rings. The molecular weight excluding hydrogens is 316 g/mol. The molecule has 1 aliphatic carbocycles. The van der Waals surface area contributed by atoms with Crippen LogP contribution in [0.15, 0.2) is 36.4 Å². The van der Waals surface area contributed by atoms with Crippen molar-refractivity contribution in [3.63, 3.8) is 0 Å². The van der Waals surface area contributed by atoms with E-state index in [2.05, 4.69) is 17.6 Å². The second-order valence-corrected chi connectivity index (χ2v) is 6.84. The number of aliphatic carboxylic acids is 1. The van der Waals surface area contributed by atoms with Crippen LogP contribution < -0.4 is 10.6 Å². The van der Waals surface area contributed by atoms with Crippen molar-refractivity contribution < 1.29 is 14.7 Å². The standard InChI is InChI=1S/C20H28N2O3/c1-15(13-16-7-3-2-4-8-16)21-14-17-9-5-6-10-18(17)22-19(23)11-12-20(24)25/h5-6,9-12,15-16,21H,2-4,7-8,13-14H2,1H3,(H,22,23)(H,24,25)/b12-11-/t15-/m0/s1. The average Bonchev–Trinajstić information content (AvgIpc) is 2.60. The summed E-state index contributed by atoms with van der Waals surface area (Å²) in [5, 5.41) is 14.9. The molecule has 1 aromatic rings. The van der Waals surface area contributed by atoms with Gasteiger partial charge in [0.25, 0.3) is 0 Å². The van der Waals surface area contributed by atoms with Crippen molar-refractivity contribution in [2.45, 2.75) is 58.0 Å². The number of nitrogens with one attached hydrogen (secondary N) is 2. The second kappa shape index (κ2) is 9.99. The second-order valence-electron chi connectivity index (χ2n) is 6.84. The third kappa shape index (κ3) is 7.10. The maximum absolute atomic E-state index is 11.8. The van der Waals surface area contributed by atoms with Gasteiger partial charge in [-0.3, -0.25) is 4.79 Å². The van der Waals surface area contributed by atoms with Crippen LogP contribution in [-0.2, 0) is 16.1 Å². The van der Waals surface area contributed by atoms with Crippen LogP contribution in [0.2, 0.25) is 0 Å². The molecule has 1 saturated carbocycles. The summed E-state index contributed by atoms with van der Waals surface area (Å²) in [7, 11) is 0. The van der Waals surface area contributed by atoms with Crippen LogP contribution in [0.5, 0.6) is 0 Å². The summed E-state index contributed by atoms with van der Waals surface area (Å²) in [6, 6.07) is 8.02. The van der Waals surface area contributed by atoms with Gasteiger partial charge in [-0.1, -0.05) is 50.3 Å². The van der Waals surface area contributed by atoms with Gasteiger partial charge >= 0.3 is 5.97 Å². The topological polar surface area (TPSA) is 78.4 Å². The van der Waals surface area contributed by atoms with Gasteiger partial charge in [0.15, 0.2) is 0 Å². The molecule has 0 bridgehead atoms. The fourth-order valence-electron chi connectivity index (χ4n) is 3.41. The summed E-state index contributed by atoms with van der Waals surface area (Å²) in [6.07, 6.45) is 9.83. The van der Waals surface area contributed by atoms with Crippen molar-refractivity contribution in [2.24, 2.45) is 5.92 Å². The Morgan fingerprint density at radius 1 is 1.20 bits per heavy atom. The molecule has 0 spiro atoms. The Bertz CT molecular complexity index is 607. The van der Waals surface area contributed by atoms with Crippen molar-refractivity contribution in [1.82, 2.24) is 5.32 Å². The predicted molar refractivity (Wildman–Crippen MR) is 99.3 cm³/mol. The minimum atomic E-state index is -1.14. The number of carboxylic acids is 1. The number of para-hydroxylation sites is 1. The van der Waals surface area contributed by atoms with Crippen LogP contribution in [0, 0.1) is 5.92 Å². The highest BCUT2D eigenvalue weighted by Gasteiger charge is 2.16. The summed E-state index contributed by atoms with van der Waals surface area (Å²) in [5.74, 6) is -0.751. The van der Waals surface area contributed by atoms with E-state index < -0.39 is 11.9 Å². The quantitative estimate of drug-likeness (QED) is 0.628. The molecule has 0 aromatic heterocycles. The van der Waals surface area contributed by atoms with Gasteiger partial charge in [-0.05, 0) is 30.9 Å². The van der Waals surface area contributed by atoms with Gasteiger partial charge in [-0.25, -0.2) is 4.79 Å². The summed E-state index contributed by atoms with van der Waals surface area (Å²) in [5.41, 5.74) is 1.70. The van der Waals surface area contributed by atoms with Gasteiger partial charge in [0.05, 0.1) is 0 Å². The highest BCUT2D eigenvalue weighted by molar-refractivity contribution is 6.02. The zero-order valence-electron chi connectivity index (χ0n) is 14.8. The smallest absolute Gasteiger partial charge is 0.328 e. The highest BCUT2D eigenvalue weighted by atomic mass is 16.4. The Kier molecular flexibility index (Phi) is 7.67. The van der Waals surface area contributed by atoms with Gasteiger partial charge in [-0.2, -0.15) is 0 Å². The fourth-order valence-corrected chi connectivity index (χ4v) is 3.41. The minimum Gasteiger partial charge on any atom is -0.478 e. The number of hydrogen-bond acceptors (Lipinski definition) is 3. The van der Waals surface area contributed by atoms with Crippen molar-refractivity contribution >= 4 is 17.6 Å². The van der Waals surface area contributed by atoms with E-state index in [4.69, 9.17) is 5.11 Å². The van der Waals surface area contributed by atoms with Crippen molar-refractivity contribution in [2.75, 3.05) is 5.32 Å². The molecule has 1 amide bonds. The number of anilines is 1. The van der Waals surface area contributed by atoms with Crippen molar-refractivity contribution in [3.8, 4) is 0 Å². The van der Waals surface area contributed by atoms with E-state index in [1.807, 2.05) is 24.3 Å². The highest BCUT2D eigenvalue weighted by Crippen LogP contribution is 2.27. The normalized spacial score (nSPS) is 16.7. The first-order chi connectivity index (χ1) is 12.0. The van der Waals surface area contributed by atoms with Gasteiger partial charge in [0.1, 0.15) is 0 Å². The van der Waals surface area contributed by atoms with Crippen LogP contribution in [0.4, 0.5) is 5.69 Å². The zero-order valence-corrected chi connectivity index (χ0v) is 14.8. The molecule has 3 N–H and O–H groups in total. The molecule has 2 rings (SSSR count). The summed E-state index contributed by atoms with van der Waals surface area (Å²) in [4.78, 5) is 22.3. The third-order valence-electron chi connectivity index (χ3n) is 4.71. The number of carbonyl (C=O) groups excluding carboxylic acids is 1. The Labute approximate surface area is 149 Å². The Morgan fingerprint density at radius 3 is 2.64 bits per heavy atom. The molecule has 0 aliphatic heterocycles. The zero-order chi connectivity index (χ0) is 18.1. The molecule has 1 fully saturated rings. The number of hydrogen-bond donors (Lipinski definition) is 3. The number of carbonyl (C=O) groups is 2. The lowest BCUT2D eigenvalue weighted by Gasteiger charge is -2.25. The van der Waals surface area contributed by atoms with Crippen molar-refractivity contribution in [1.29, 1.82) is 0 Å². The monoisotopic (exact) mass is 344 g/mol. The van der Waals surface area contributed by atoms with Gasteiger partial charge < -0.3 is 15.7 Å². The van der Waals surface area contributed by atoms with Crippen LogP contribution >= 0.6 is 0 Å². The first-order valence-corrected chi connectivity index (χ1v) is 9.08. The van der Waals surface area contributed by atoms with Gasteiger partial charge in [0, 0.05) is 30.4 Å². The molecule has 0 unspecified atom stereocenters. The lowest BCUT2D eigenvalue weighted by atomic mass is 9.85. The Hall–Kier alpha value is -2.14. The molecule has 5 nitrogen and oxygen atoms in total. The maximum Gasteiger partial charge on any atom is 0.328 e. The molecule has 0 heterocycles. The summed E-state index contributed by atoms with van der Waals surface area (Å²) >= 11 is 0. The minimum absolute atomic E-state index is 0.429. The molecule has 1 atom stereocenters. The van der Waals surface area contributed by atoms with Gasteiger partial charge in [-0.15, -0.1) is 0 Å². The third-order valence-corrected chi connectivity index (χ3v) is 4.71. The maximum atomic E-state index is 11.8. The summed E-state index contributed by atoms with van der Waals surface area (Å²) in [6.45, 7) is 2.89. The molecule has 1 aromatic carbocycles. The van der Waals surface area contributed by atoms with E-state index in [0.29, 0.717) is 18.3 Å². The van der Waals surface area contributed by atoms with E-state index >= 15 is 0 Å². The average molecular weight is 344 g/mol. The molecule has 5 heteroatoms. The Balaban J connectivity index is 1.86. The fraction of sp³-hybridized carbons (Fsp3) is 0.500. The molecule has 136 valence electrons. The van der Waals surface area contributed by atoms with Crippen LogP contribution in [0.1, 0.15) is 51.0 Å². The Morgan fingerprint density at radius 2 is 1.92 bits per heavy atom. The first-order valence-electron chi connectivity index (χ1n) is 9.08. The van der Waals surface area contributed by atoms with Crippen LogP contribution in [0.3, 0.4) is 0 Å². The van der Waals surface area contributed by atoms with E-state index in [1.165, 1.54) is 38.5 Å². The number of amides is 1. The van der Waals surface area contributed by atoms with E-state index in [0.717, 1.165) is 23.6 Å². The lowest BCUT2D eigenvalue weighted by molar-refractivity contribution is -0.131. The summed E-state index contributed by atoms with van der Waals surface area (Å²) < 4.78 is 0. The number of carboxylic acid groups (broad SMARTS) is 1. The van der Waals surface area contributed by atoms with E-state index in [9.17, 15) is 9.59 Å². The first kappa shape index (κ1) is 19.2. The number of rotatable bonds is 8. The molecule has 0 radical (unpaired) electrons. The van der Waals surface area contributed by atoms with Crippen LogP contribution in [-0.4, -0.2) is 23.0 Å². The van der Waals surface area contributed by atoms with Gasteiger partial charge in [0.2, 0.25) is 5.91 Å². The van der Waals surface area contributed by atoms with E-state index in [-0.39, 0.29) is 0 Å². The molecular formula is C20H28N2O3. The SMILES string of the molecule is C[C@@H](CC1CCCCC1)NCc1ccccc1NC(=O)/C=C\C(=O)O. The molecule has 0 saturated heterocycles. The van der Waals surface area contributed by atoms with Crippen LogP contribution in [0.25, 0.3) is 0 Å². The number of benzene rings is 1. The molecule has 25 heavy (non-hydrogen) atoms. The lowest BCUT2D eigenvalue weighted by Crippen LogP contribution is -2.29. The van der Waals surface area contributed by atoms with Crippen molar-refractivity contribution in [3.05, 3.63) is 42.0 Å².